The highest BCUT2D eigenvalue weighted by molar-refractivity contribution is 6.31. The number of carbonyl (C=O) groups is 1. The molecule has 0 unspecified atom stereocenters. The lowest BCUT2D eigenvalue weighted by atomic mass is 10.2. The molecule has 1 amide bonds. The first kappa shape index (κ1) is 19.7. The lowest BCUT2D eigenvalue weighted by Gasteiger charge is -2.12. The van der Waals surface area contributed by atoms with Crippen LogP contribution in [0.2, 0.25) is 5.02 Å². The van der Waals surface area contributed by atoms with Crippen LogP contribution in [-0.2, 0) is 19.8 Å². The van der Waals surface area contributed by atoms with Crippen molar-refractivity contribution in [2.75, 3.05) is 10.6 Å². The zero-order chi connectivity index (χ0) is 20.3. The average molecular weight is 410 g/mol. The third-order valence-electron chi connectivity index (χ3n) is 3.89. The van der Waals surface area contributed by atoms with Crippen molar-refractivity contribution >= 4 is 29.0 Å². The van der Waals surface area contributed by atoms with E-state index in [1.54, 1.807) is 19.4 Å². The summed E-state index contributed by atoms with van der Waals surface area (Å²) < 4.78 is 39.9. The number of rotatable bonds is 5. The van der Waals surface area contributed by atoms with Crippen LogP contribution in [0.3, 0.4) is 0 Å². The minimum Gasteiger partial charge on any atom is -0.364 e. The number of nitrogens with one attached hydrogen (secondary N) is 2. The van der Waals surface area contributed by atoms with Crippen molar-refractivity contribution in [3.05, 3.63) is 70.9 Å². The molecule has 0 aliphatic rings. The summed E-state index contributed by atoms with van der Waals surface area (Å²) in [6.45, 7) is 0.423. The summed E-state index contributed by atoms with van der Waals surface area (Å²) in [6, 6.07) is 6.67. The Kier molecular flexibility index (Phi) is 5.55. The van der Waals surface area contributed by atoms with Gasteiger partial charge in [0.15, 0.2) is 11.5 Å². The van der Waals surface area contributed by atoms with Crippen molar-refractivity contribution in [2.45, 2.75) is 12.7 Å². The smallest absolute Gasteiger partial charge is 0.364 e. The van der Waals surface area contributed by atoms with Crippen molar-refractivity contribution < 1.29 is 18.0 Å². The Labute approximate surface area is 163 Å². The molecule has 0 aliphatic heterocycles. The number of alkyl halides is 3. The molecule has 3 rings (SSSR count). The van der Waals surface area contributed by atoms with Gasteiger partial charge in [0.1, 0.15) is 0 Å². The Hall–Kier alpha value is -3.07. The second kappa shape index (κ2) is 7.89. The van der Waals surface area contributed by atoms with Gasteiger partial charge >= 0.3 is 6.18 Å². The minimum absolute atomic E-state index is 0.143. The van der Waals surface area contributed by atoms with Crippen LogP contribution in [0.5, 0.6) is 0 Å². The molecule has 2 N–H and O–H groups in total. The minimum atomic E-state index is -4.56. The van der Waals surface area contributed by atoms with Crippen LogP contribution < -0.4 is 10.6 Å². The molecule has 0 atom stereocenters. The maximum absolute atomic E-state index is 12.8. The Balaban J connectivity index is 1.76. The van der Waals surface area contributed by atoms with Gasteiger partial charge in [0, 0.05) is 31.7 Å². The number of anilines is 2. The molecule has 0 saturated heterocycles. The summed E-state index contributed by atoms with van der Waals surface area (Å²) in [5, 5.41) is 5.11. The maximum Gasteiger partial charge on any atom is 0.417 e. The summed E-state index contributed by atoms with van der Waals surface area (Å²) in [5.41, 5.74) is 0.350. The third-order valence-corrected chi connectivity index (χ3v) is 4.21. The van der Waals surface area contributed by atoms with Crippen molar-refractivity contribution in [2.24, 2.45) is 7.05 Å². The molecule has 0 fully saturated rings. The first-order chi connectivity index (χ1) is 13.3. The van der Waals surface area contributed by atoms with E-state index in [1.165, 1.54) is 10.9 Å². The van der Waals surface area contributed by atoms with E-state index in [1.807, 2.05) is 12.1 Å². The number of imidazole rings is 1. The number of carbonyl (C=O) groups excluding carboxylic acids is 1. The van der Waals surface area contributed by atoms with E-state index >= 15 is 0 Å². The molecule has 2 aromatic heterocycles. The van der Waals surface area contributed by atoms with Gasteiger partial charge in [-0.3, -0.25) is 9.78 Å². The zero-order valence-electron chi connectivity index (χ0n) is 14.6. The van der Waals surface area contributed by atoms with Gasteiger partial charge in [-0.1, -0.05) is 11.6 Å². The van der Waals surface area contributed by atoms with Crippen LogP contribution in [0.25, 0.3) is 0 Å². The van der Waals surface area contributed by atoms with E-state index < -0.39 is 22.7 Å². The molecule has 0 radical (unpaired) electrons. The Bertz CT molecular complexity index is 989. The van der Waals surface area contributed by atoms with Gasteiger partial charge in [0.2, 0.25) is 0 Å². The number of nitrogens with zero attached hydrogens (tertiary/aromatic N) is 3. The van der Waals surface area contributed by atoms with Gasteiger partial charge in [-0.25, -0.2) is 4.98 Å². The quantitative estimate of drug-likeness (QED) is 0.657. The lowest BCUT2D eigenvalue weighted by molar-refractivity contribution is -0.137. The van der Waals surface area contributed by atoms with Crippen LogP contribution in [-0.4, -0.2) is 20.4 Å². The summed E-state index contributed by atoms with van der Waals surface area (Å²) in [5.74, 6) is -0.192. The average Bonchev–Trinajstić information content (AvgIpc) is 3.00. The highest BCUT2D eigenvalue weighted by atomic mass is 35.5. The fourth-order valence-electron chi connectivity index (χ4n) is 2.53. The van der Waals surface area contributed by atoms with Gasteiger partial charge in [-0.15, -0.1) is 0 Å². The Morgan fingerprint density at radius 2 is 1.93 bits per heavy atom. The number of hydrogen-bond acceptors (Lipinski definition) is 4. The topological polar surface area (TPSA) is 71.8 Å². The number of aromatic nitrogens is 3. The maximum atomic E-state index is 12.8. The molecular weight excluding hydrogens is 395 g/mol. The number of benzene rings is 1. The van der Waals surface area contributed by atoms with Crippen LogP contribution in [0, 0.1) is 0 Å². The molecule has 6 nitrogen and oxygen atoms in total. The lowest BCUT2D eigenvalue weighted by Crippen LogP contribution is -2.18. The monoisotopic (exact) mass is 409 g/mol. The largest absolute Gasteiger partial charge is 0.417 e. The fourth-order valence-corrected chi connectivity index (χ4v) is 2.81. The molecule has 2 heterocycles. The second-order valence-electron chi connectivity index (χ2n) is 5.91. The van der Waals surface area contributed by atoms with Gasteiger partial charge in [-0.2, -0.15) is 13.2 Å². The predicted molar refractivity (Wildman–Crippen MR) is 99.2 cm³/mol. The normalized spacial score (nSPS) is 11.3. The van der Waals surface area contributed by atoms with Gasteiger partial charge in [0.25, 0.3) is 5.91 Å². The third kappa shape index (κ3) is 4.42. The standard InChI is InChI=1S/C18H15ClF3N5O/c1-27-10-25-16(24-9-11-4-6-23-7-5-11)15(27)17(28)26-12-2-3-13(14(19)8-12)18(20,21)22/h2-8,10,24H,9H2,1H3,(H,26,28). The van der Waals surface area contributed by atoms with Crippen LogP contribution in [0.4, 0.5) is 24.7 Å². The van der Waals surface area contributed by atoms with Crippen molar-refractivity contribution in [1.29, 1.82) is 0 Å². The first-order valence-electron chi connectivity index (χ1n) is 8.08. The molecule has 0 spiro atoms. The molecule has 28 heavy (non-hydrogen) atoms. The summed E-state index contributed by atoms with van der Waals surface area (Å²) in [6.07, 6.45) is 0.198. The molecule has 0 aliphatic carbocycles. The van der Waals surface area contributed by atoms with E-state index in [4.69, 9.17) is 11.6 Å². The fraction of sp³-hybridized carbons (Fsp3) is 0.167. The van der Waals surface area contributed by atoms with E-state index in [0.29, 0.717) is 12.4 Å². The number of aryl methyl sites for hydroxylation is 1. The van der Waals surface area contributed by atoms with Gasteiger partial charge < -0.3 is 15.2 Å². The molecular formula is C18H15ClF3N5O. The Morgan fingerprint density at radius 1 is 1.21 bits per heavy atom. The number of halogens is 4. The molecule has 146 valence electrons. The van der Waals surface area contributed by atoms with E-state index in [-0.39, 0.29) is 11.4 Å². The van der Waals surface area contributed by atoms with Gasteiger partial charge in [-0.05, 0) is 35.9 Å². The van der Waals surface area contributed by atoms with Crippen LogP contribution in [0.15, 0.2) is 49.1 Å². The van der Waals surface area contributed by atoms with E-state index in [9.17, 15) is 18.0 Å². The van der Waals surface area contributed by atoms with Gasteiger partial charge in [0.05, 0.1) is 16.9 Å². The first-order valence-corrected chi connectivity index (χ1v) is 8.45. The molecule has 3 aromatic rings. The molecule has 10 heteroatoms. The van der Waals surface area contributed by atoms with Crippen LogP contribution >= 0.6 is 11.6 Å². The van der Waals surface area contributed by atoms with Crippen molar-refractivity contribution in [1.82, 2.24) is 14.5 Å². The molecule has 0 bridgehead atoms. The van der Waals surface area contributed by atoms with Crippen molar-refractivity contribution in [3.8, 4) is 0 Å². The Morgan fingerprint density at radius 3 is 2.57 bits per heavy atom. The van der Waals surface area contributed by atoms with E-state index in [2.05, 4.69) is 20.6 Å². The number of pyridine rings is 1. The molecule has 1 aromatic carbocycles. The van der Waals surface area contributed by atoms with Crippen LogP contribution in [0.1, 0.15) is 21.6 Å². The number of hydrogen-bond donors (Lipinski definition) is 2. The zero-order valence-corrected chi connectivity index (χ0v) is 15.3. The van der Waals surface area contributed by atoms with E-state index in [0.717, 1.165) is 23.8 Å². The predicted octanol–water partition coefficient (Wildman–Crippen LogP) is 4.35. The number of amides is 1. The molecule has 0 saturated carbocycles. The summed E-state index contributed by atoms with van der Waals surface area (Å²) in [7, 11) is 1.64. The SMILES string of the molecule is Cn1cnc(NCc2ccncc2)c1C(=O)Nc1ccc(C(F)(F)F)c(Cl)c1. The highest BCUT2D eigenvalue weighted by Gasteiger charge is 2.33. The van der Waals surface area contributed by atoms with Crippen molar-refractivity contribution in [3.63, 3.8) is 0 Å². The highest BCUT2D eigenvalue weighted by Crippen LogP contribution is 2.36. The second-order valence-corrected chi connectivity index (χ2v) is 6.32. The summed E-state index contributed by atoms with van der Waals surface area (Å²) >= 11 is 5.70. The summed E-state index contributed by atoms with van der Waals surface area (Å²) in [4.78, 5) is 20.7.